The number of nitrogens with zero attached hydrogens (tertiary/aromatic N) is 1. The Morgan fingerprint density at radius 3 is 2.44 bits per heavy atom. The monoisotopic (exact) mass is 228 g/mol. The molecule has 0 spiro atoms. The first kappa shape index (κ1) is 13.5. The maximum Gasteiger partial charge on any atom is 0.239 e. The molecular weight excluding hydrogens is 204 g/mol. The van der Waals surface area contributed by atoms with Gasteiger partial charge in [-0.3, -0.25) is 10.1 Å². The molecule has 2 N–H and O–H groups in total. The minimum Gasteiger partial charge on any atom is -0.394 e. The van der Waals surface area contributed by atoms with E-state index in [2.05, 4.69) is 5.32 Å². The number of amides is 1. The maximum absolute atomic E-state index is 12.1. The molecule has 0 bridgehead atoms. The summed E-state index contributed by atoms with van der Waals surface area (Å²) in [6.07, 6.45) is 3.46. The molecule has 0 aromatic rings. The van der Waals surface area contributed by atoms with Crippen LogP contribution in [0, 0.1) is 0 Å². The number of carbonyl (C=O) groups excluding carboxylic acids is 1. The van der Waals surface area contributed by atoms with Gasteiger partial charge in [-0.25, -0.2) is 0 Å². The molecule has 0 aromatic heterocycles. The van der Waals surface area contributed by atoms with Gasteiger partial charge in [-0.15, -0.1) is 0 Å². The fourth-order valence-electron chi connectivity index (χ4n) is 2.08. The molecule has 94 valence electrons. The first-order valence-electron chi connectivity index (χ1n) is 6.13. The zero-order valence-electron chi connectivity index (χ0n) is 10.6. The Bertz CT molecular complexity index is 235. The van der Waals surface area contributed by atoms with Gasteiger partial charge in [0.15, 0.2) is 0 Å². The molecule has 1 fully saturated rings. The van der Waals surface area contributed by atoms with Gasteiger partial charge >= 0.3 is 0 Å². The van der Waals surface area contributed by atoms with E-state index in [4.69, 9.17) is 5.11 Å². The number of likely N-dealkylation sites (tertiary alicyclic amines) is 1. The third kappa shape index (κ3) is 3.76. The van der Waals surface area contributed by atoms with E-state index in [1.807, 2.05) is 25.7 Å². The summed E-state index contributed by atoms with van der Waals surface area (Å²) in [6, 6.07) is -0.222. The molecule has 0 aliphatic carbocycles. The van der Waals surface area contributed by atoms with E-state index in [-0.39, 0.29) is 18.6 Å². The van der Waals surface area contributed by atoms with Gasteiger partial charge in [0.05, 0.1) is 12.6 Å². The van der Waals surface area contributed by atoms with Crippen molar-refractivity contribution in [3.05, 3.63) is 0 Å². The van der Waals surface area contributed by atoms with Crippen molar-refractivity contribution in [2.75, 3.05) is 19.7 Å². The molecule has 1 amide bonds. The number of aliphatic hydroxyl groups excluding tert-OH is 1. The zero-order valence-corrected chi connectivity index (χ0v) is 10.6. The van der Waals surface area contributed by atoms with Crippen molar-refractivity contribution in [2.24, 2.45) is 0 Å². The van der Waals surface area contributed by atoms with Crippen molar-refractivity contribution in [2.45, 2.75) is 51.6 Å². The van der Waals surface area contributed by atoms with E-state index in [1.54, 1.807) is 0 Å². The Hall–Kier alpha value is -0.610. The topological polar surface area (TPSA) is 52.6 Å². The summed E-state index contributed by atoms with van der Waals surface area (Å²) in [5.74, 6) is 0.154. The summed E-state index contributed by atoms with van der Waals surface area (Å²) in [6.45, 7) is 7.45. The van der Waals surface area contributed by atoms with Gasteiger partial charge in [0.25, 0.3) is 0 Å². The van der Waals surface area contributed by atoms with Gasteiger partial charge in [0, 0.05) is 18.6 Å². The van der Waals surface area contributed by atoms with E-state index in [1.165, 1.54) is 6.42 Å². The lowest BCUT2D eigenvalue weighted by Crippen LogP contribution is -2.54. The van der Waals surface area contributed by atoms with Gasteiger partial charge in [0.2, 0.25) is 5.91 Å². The number of carbonyl (C=O) groups is 1. The highest BCUT2D eigenvalue weighted by atomic mass is 16.3. The van der Waals surface area contributed by atoms with Gasteiger partial charge in [-0.1, -0.05) is 0 Å². The number of rotatable bonds is 4. The molecule has 1 aliphatic rings. The Balaban J connectivity index is 2.46. The number of piperidine rings is 1. The molecule has 1 atom stereocenters. The van der Waals surface area contributed by atoms with Crippen LogP contribution >= 0.6 is 0 Å². The van der Waals surface area contributed by atoms with Crippen LogP contribution in [-0.2, 0) is 4.79 Å². The molecule has 1 aliphatic heterocycles. The van der Waals surface area contributed by atoms with Crippen molar-refractivity contribution in [3.8, 4) is 0 Å². The van der Waals surface area contributed by atoms with Gasteiger partial charge in [-0.2, -0.15) is 0 Å². The number of nitrogens with one attached hydrogen (secondary N) is 1. The highest BCUT2D eigenvalue weighted by Crippen LogP contribution is 2.11. The average Bonchev–Trinajstić information content (AvgIpc) is 2.28. The van der Waals surface area contributed by atoms with Gasteiger partial charge in [0.1, 0.15) is 0 Å². The summed E-state index contributed by atoms with van der Waals surface area (Å²) in [5.41, 5.74) is -0.398. The Labute approximate surface area is 98.0 Å². The Kier molecular flexibility index (Phi) is 4.74. The smallest absolute Gasteiger partial charge is 0.239 e. The highest BCUT2D eigenvalue weighted by molar-refractivity contribution is 5.81. The van der Waals surface area contributed by atoms with E-state index in [9.17, 15) is 4.79 Å². The number of hydrogen-bond acceptors (Lipinski definition) is 3. The standard InChI is InChI=1S/C12H24N2O2/c1-10(13-12(2,3)9-15)11(16)14-7-5-4-6-8-14/h10,13,15H,4-9H2,1-3H3. The normalized spacial score (nSPS) is 19.6. The Morgan fingerprint density at radius 2 is 1.94 bits per heavy atom. The first-order chi connectivity index (χ1) is 7.46. The van der Waals surface area contributed by atoms with E-state index >= 15 is 0 Å². The minimum atomic E-state index is -0.398. The molecule has 1 rings (SSSR count). The van der Waals surface area contributed by atoms with Crippen molar-refractivity contribution >= 4 is 5.91 Å². The fourth-order valence-corrected chi connectivity index (χ4v) is 2.08. The van der Waals surface area contributed by atoms with E-state index < -0.39 is 5.54 Å². The molecule has 4 heteroatoms. The number of hydrogen-bond donors (Lipinski definition) is 2. The zero-order chi connectivity index (χ0) is 12.2. The van der Waals surface area contributed by atoms with Crippen LogP contribution in [0.2, 0.25) is 0 Å². The Morgan fingerprint density at radius 1 is 1.38 bits per heavy atom. The predicted octanol–water partition coefficient (Wildman–Crippen LogP) is 0.748. The first-order valence-corrected chi connectivity index (χ1v) is 6.13. The lowest BCUT2D eigenvalue weighted by Gasteiger charge is -2.33. The molecule has 4 nitrogen and oxygen atoms in total. The molecule has 0 radical (unpaired) electrons. The summed E-state index contributed by atoms with van der Waals surface area (Å²) in [4.78, 5) is 14.0. The molecule has 16 heavy (non-hydrogen) atoms. The third-order valence-corrected chi connectivity index (χ3v) is 3.04. The van der Waals surface area contributed by atoms with Crippen molar-refractivity contribution in [3.63, 3.8) is 0 Å². The van der Waals surface area contributed by atoms with Crippen LogP contribution in [0.4, 0.5) is 0 Å². The molecule has 1 heterocycles. The fraction of sp³-hybridized carbons (Fsp3) is 0.917. The lowest BCUT2D eigenvalue weighted by atomic mass is 10.0. The van der Waals surface area contributed by atoms with Crippen LogP contribution in [0.1, 0.15) is 40.0 Å². The number of aliphatic hydroxyl groups is 1. The average molecular weight is 228 g/mol. The minimum absolute atomic E-state index is 0.0324. The van der Waals surface area contributed by atoms with Crippen molar-refractivity contribution in [1.82, 2.24) is 10.2 Å². The van der Waals surface area contributed by atoms with Crippen LogP contribution in [0.5, 0.6) is 0 Å². The SMILES string of the molecule is CC(NC(C)(C)CO)C(=O)N1CCCCC1. The summed E-state index contributed by atoms with van der Waals surface area (Å²) in [5, 5.41) is 12.3. The van der Waals surface area contributed by atoms with Crippen LogP contribution in [0.3, 0.4) is 0 Å². The van der Waals surface area contributed by atoms with Gasteiger partial charge in [-0.05, 0) is 40.0 Å². The van der Waals surface area contributed by atoms with Crippen LogP contribution in [0.15, 0.2) is 0 Å². The van der Waals surface area contributed by atoms with Crippen LogP contribution in [0.25, 0.3) is 0 Å². The third-order valence-electron chi connectivity index (χ3n) is 3.04. The van der Waals surface area contributed by atoms with Crippen molar-refractivity contribution < 1.29 is 9.90 Å². The summed E-state index contributed by atoms with van der Waals surface area (Å²) >= 11 is 0. The molecule has 0 aromatic carbocycles. The predicted molar refractivity (Wildman–Crippen MR) is 64.2 cm³/mol. The molecule has 1 unspecified atom stereocenters. The second kappa shape index (κ2) is 5.64. The second-order valence-corrected chi connectivity index (χ2v) is 5.29. The van der Waals surface area contributed by atoms with Crippen LogP contribution in [-0.4, -0.2) is 47.2 Å². The molecule has 0 saturated carbocycles. The molecular formula is C12H24N2O2. The largest absolute Gasteiger partial charge is 0.394 e. The quantitative estimate of drug-likeness (QED) is 0.746. The second-order valence-electron chi connectivity index (χ2n) is 5.29. The lowest BCUT2D eigenvalue weighted by molar-refractivity contribution is -0.134. The summed E-state index contributed by atoms with van der Waals surface area (Å²) < 4.78 is 0. The summed E-state index contributed by atoms with van der Waals surface area (Å²) in [7, 11) is 0. The maximum atomic E-state index is 12.1. The van der Waals surface area contributed by atoms with E-state index in [0.29, 0.717) is 0 Å². The van der Waals surface area contributed by atoms with E-state index in [0.717, 1.165) is 25.9 Å². The molecule has 1 saturated heterocycles. The highest BCUT2D eigenvalue weighted by Gasteiger charge is 2.26. The van der Waals surface area contributed by atoms with Crippen LogP contribution < -0.4 is 5.32 Å². The van der Waals surface area contributed by atoms with Crippen molar-refractivity contribution in [1.29, 1.82) is 0 Å². The van der Waals surface area contributed by atoms with Gasteiger partial charge < -0.3 is 10.0 Å².